The first-order chi connectivity index (χ1) is 13.2. The Bertz CT molecular complexity index is 935. The second-order valence-corrected chi connectivity index (χ2v) is 7.36. The van der Waals surface area contributed by atoms with Gasteiger partial charge in [0.05, 0.1) is 16.8 Å². The van der Waals surface area contributed by atoms with Crippen molar-refractivity contribution in [1.29, 1.82) is 0 Å². The Morgan fingerprint density at radius 1 is 0.667 bits per heavy atom. The maximum Gasteiger partial charge on any atom is 0.0894 e. The Morgan fingerprint density at radius 2 is 1.07 bits per heavy atom. The summed E-state index contributed by atoms with van der Waals surface area (Å²) in [5, 5.41) is 0. The lowest BCUT2D eigenvalue weighted by Crippen LogP contribution is -2.33. The van der Waals surface area contributed by atoms with E-state index in [-0.39, 0.29) is 0 Å². The molecule has 0 spiro atoms. The van der Waals surface area contributed by atoms with E-state index in [0.29, 0.717) is 5.69 Å². The van der Waals surface area contributed by atoms with E-state index >= 15 is 0 Å². The van der Waals surface area contributed by atoms with Gasteiger partial charge in [-0.2, -0.15) is 0 Å². The van der Waals surface area contributed by atoms with E-state index < -0.39 is 5.41 Å². The largest absolute Gasteiger partial charge is 0.397 e. The van der Waals surface area contributed by atoms with E-state index in [9.17, 15) is 0 Å². The van der Waals surface area contributed by atoms with Crippen LogP contribution >= 0.6 is 15.9 Å². The Kier molecular flexibility index (Phi) is 4.78. The predicted octanol–water partition coefficient (Wildman–Crippen LogP) is 5.81. The number of rotatable bonds is 4. The fourth-order valence-electron chi connectivity index (χ4n) is 3.74. The molecule has 3 aromatic carbocycles. The van der Waals surface area contributed by atoms with Crippen molar-refractivity contribution in [1.82, 2.24) is 4.98 Å². The highest BCUT2D eigenvalue weighted by Crippen LogP contribution is 2.46. The quantitative estimate of drug-likeness (QED) is 0.428. The van der Waals surface area contributed by atoms with Gasteiger partial charge in [-0.3, -0.25) is 4.98 Å². The number of hydrogen-bond donors (Lipinski definition) is 1. The summed E-state index contributed by atoms with van der Waals surface area (Å²) < 4.78 is 0.867. The van der Waals surface area contributed by atoms with Crippen molar-refractivity contribution >= 4 is 21.6 Å². The molecule has 0 aliphatic carbocycles. The average Bonchev–Trinajstić information content (AvgIpc) is 2.72. The first-order valence-corrected chi connectivity index (χ1v) is 9.60. The molecule has 0 aliphatic heterocycles. The van der Waals surface area contributed by atoms with Gasteiger partial charge < -0.3 is 5.73 Å². The maximum atomic E-state index is 6.53. The highest BCUT2D eigenvalue weighted by Gasteiger charge is 2.40. The molecule has 0 unspecified atom stereocenters. The summed E-state index contributed by atoms with van der Waals surface area (Å²) in [6, 6.07) is 33.2. The first-order valence-electron chi connectivity index (χ1n) is 8.81. The van der Waals surface area contributed by atoms with Gasteiger partial charge in [-0.05, 0) is 38.7 Å². The number of hydrogen-bond acceptors (Lipinski definition) is 2. The maximum absolute atomic E-state index is 6.53. The van der Waals surface area contributed by atoms with E-state index in [4.69, 9.17) is 10.7 Å². The van der Waals surface area contributed by atoms with E-state index in [2.05, 4.69) is 88.7 Å². The SMILES string of the molecule is Nc1cc(Br)cnc1C(c1ccccc1)(c1ccccc1)c1ccccc1. The number of nitrogens with zero attached hydrogens (tertiary/aromatic N) is 1. The average molecular weight is 415 g/mol. The zero-order valence-corrected chi connectivity index (χ0v) is 16.3. The summed E-state index contributed by atoms with van der Waals surface area (Å²) in [6.45, 7) is 0. The highest BCUT2D eigenvalue weighted by molar-refractivity contribution is 9.10. The van der Waals surface area contributed by atoms with Gasteiger partial charge in [0.15, 0.2) is 0 Å². The van der Waals surface area contributed by atoms with Gasteiger partial charge in [-0.15, -0.1) is 0 Å². The number of nitrogen functional groups attached to an aromatic ring is 1. The van der Waals surface area contributed by atoms with Gasteiger partial charge in [0.2, 0.25) is 0 Å². The van der Waals surface area contributed by atoms with E-state index in [1.165, 1.54) is 0 Å². The third-order valence-corrected chi connectivity index (χ3v) is 5.29. The van der Waals surface area contributed by atoms with Crippen LogP contribution in [0.15, 0.2) is 108 Å². The van der Waals surface area contributed by atoms with E-state index in [0.717, 1.165) is 26.9 Å². The van der Waals surface area contributed by atoms with Crippen molar-refractivity contribution in [3.05, 3.63) is 130 Å². The third-order valence-electron chi connectivity index (χ3n) is 4.86. The number of pyridine rings is 1. The summed E-state index contributed by atoms with van der Waals surface area (Å²) in [6.07, 6.45) is 1.81. The van der Waals surface area contributed by atoms with Crippen LogP contribution in [0.4, 0.5) is 5.69 Å². The summed E-state index contributed by atoms with van der Waals surface area (Å²) in [4.78, 5) is 4.81. The monoisotopic (exact) mass is 414 g/mol. The standard InChI is InChI=1S/C24H19BrN2/c25-21-16-22(26)23(27-17-21)24(18-10-4-1-5-11-18,19-12-6-2-7-13-19)20-14-8-3-9-15-20/h1-17H,26H2. The highest BCUT2D eigenvalue weighted by atomic mass is 79.9. The minimum atomic E-state index is -0.603. The molecule has 0 radical (unpaired) electrons. The van der Waals surface area contributed by atoms with Gasteiger partial charge in [-0.1, -0.05) is 91.0 Å². The van der Waals surface area contributed by atoms with Crippen molar-refractivity contribution < 1.29 is 0 Å². The zero-order valence-electron chi connectivity index (χ0n) is 14.7. The molecule has 3 heteroatoms. The fourth-order valence-corrected chi connectivity index (χ4v) is 4.09. The molecule has 2 N–H and O–H groups in total. The molecule has 27 heavy (non-hydrogen) atoms. The second kappa shape index (κ2) is 7.37. The lowest BCUT2D eigenvalue weighted by Gasteiger charge is -2.36. The number of benzene rings is 3. The molecule has 4 rings (SSSR count). The van der Waals surface area contributed by atoms with Crippen LogP contribution in [0.3, 0.4) is 0 Å². The van der Waals surface area contributed by atoms with Gasteiger partial charge in [0.25, 0.3) is 0 Å². The Morgan fingerprint density at radius 3 is 1.44 bits per heavy atom. The van der Waals surface area contributed by atoms with Gasteiger partial charge in [-0.25, -0.2) is 0 Å². The number of aromatic nitrogens is 1. The van der Waals surface area contributed by atoms with E-state index in [1.807, 2.05) is 30.5 Å². The second-order valence-electron chi connectivity index (χ2n) is 6.44. The van der Waals surface area contributed by atoms with Gasteiger partial charge in [0, 0.05) is 10.7 Å². The van der Waals surface area contributed by atoms with Crippen molar-refractivity contribution in [2.24, 2.45) is 0 Å². The fraction of sp³-hybridized carbons (Fsp3) is 0.0417. The molecule has 4 aromatic rings. The van der Waals surface area contributed by atoms with Gasteiger partial charge in [0.1, 0.15) is 0 Å². The van der Waals surface area contributed by atoms with Crippen LogP contribution in [-0.2, 0) is 5.41 Å². The molecule has 0 amide bonds. The Labute approximate surface area is 167 Å². The molecule has 0 bridgehead atoms. The Hall–Kier alpha value is -2.91. The molecule has 0 atom stereocenters. The minimum Gasteiger partial charge on any atom is -0.397 e. The minimum absolute atomic E-state index is 0.603. The van der Waals surface area contributed by atoms with Crippen molar-refractivity contribution in [2.45, 2.75) is 5.41 Å². The van der Waals surface area contributed by atoms with Gasteiger partial charge >= 0.3 is 0 Å². The normalized spacial score (nSPS) is 11.3. The molecule has 1 heterocycles. The van der Waals surface area contributed by atoms with Crippen LogP contribution < -0.4 is 5.73 Å². The lowest BCUT2D eigenvalue weighted by molar-refractivity contribution is 0.717. The molecular formula is C24H19BrN2. The number of nitrogens with two attached hydrogens (primary N) is 1. The summed E-state index contributed by atoms with van der Waals surface area (Å²) in [5.41, 5.74) is 10.8. The molecule has 2 nitrogen and oxygen atoms in total. The zero-order chi connectivity index (χ0) is 18.7. The van der Waals surface area contributed by atoms with E-state index in [1.54, 1.807) is 0 Å². The lowest BCUT2D eigenvalue weighted by atomic mass is 9.66. The van der Waals surface area contributed by atoms with Crippen molar-refractivity contribution in [3.63, 3.8) is 0 Å². The van der Waals surface area contributed by atoms with Crippen molar-refractivity contribution in [2.75, 3.05) is 5.73 Å². The topological polar surface area (TPSA) is 38.9 Å². The molecule has 1 aromatic heterocycles. The van der Waals surface area contributed by atoms with Crippen LogP contribution in [-0.4, -0.2) is 4.98 Å². The van der Waals surface area contributed by atoms with Crippen LogP contribution in [0.25, 0.3) is 0 Å². The first kappa shape index (κ1) is 17.5. The summed E-state index contributed by atoms with van der Waals surface area (Å²) in [5.74, 6) is 0. The molecule has 0 saturated heterocycles. The smallest absolute Gasteiger partial charge is 0.0894 e. The third kappa shape index (κ3) is 3.04. The molecular weight excluding hydrogens is 396 g/mol. The molecule has 0 aliphatic rings. The van der Waals surface area contributed by atoms with Crippen LogP contribution in [0, 0.1) is 0 Å². The number of anilines is 1. The molecule has 0 fully saturated rings. The van der Waals surface area contributed by atoms with Crippen molar-refractivity contribution in [3.8, 4) is 0 Å². The summed E-state index contributed by atoms with van der Waals surface area (Å²) >= 11 is 3.49. The molecule has 132 valence electrons. The Balaban J connectivity index is 2.16. The molecule has 0 saturated carbocycles. The number of halogens is 1. The summed E-state index contributed by atoms with van der Waals surface area (Å²) in [7, 11) is 0. The van der Waals surface area contributed by atoms with Crippen LogP contribution in [0.1, 0.15) is 22.4 Å². The van der Waals surface area contributed by atoms with Crippen LogP contribution in [0.5, 0.6) is 0 Å². The predicted molar refractivity (Wildman–Crippen MR) is 115 cm³/mol. The van der Waals surface area contributed by atoms with Crippen LogP contribution in [0.2, 0.25) is 0 Å².